The van der Waals surface area contributed by atoms with Gasteiger partial charge < -0.3 is 9.64 Å². The number of aryl methyl sites for hydroxylation is 2. The molecular weight excluding hydrogens is 324 g/mol. The summed E-state index contributed by atoms with van der Waals surface area (Å²) < 4.78 is 7.78. The smallest absolute Gasteiger partial charge is 0.238 e. The van der Waals surface area contributed by atoms with Gasteiger partial charge in [-0.15, -0.1) is 11.3 Å². The molecule has 0 aromatic carbocycles. The van der Waals surface area contributed by atoms with Gasteiger partial charge in [-0.1, -0.05) is 0 Å². The number of amides is 1. The van der Waals surface area contributed by atoms with Gasteiger partial charge in [-0.3, -0.25) is 9.20 Å². The summed E-state index contributed by atoms with van der Waals surface area (Å²) in [5.41, 5.74) is 2.88. The lowest BCUT2D eigenvalue weighted by molar-refractivity contribution is -0.119. The molecule has 0 radical (unpaired) electrons. The fraction of sp³-hybridized carbons (Fsp3) is 0.353. The van der Waals surface area contributed by atoms with Crippen molar-refractivity contribution in [2.75, 3.05) is 11.4 Å². The maximum absolute atomic E-state index is 12.8. The second kappa shape index (κ2) is 5.90. The number of ether oxygens (including phenoxy) is 1. The Kier molecular flexibility index (Phi) is 3.72. The number of hydrogen-bond acceptors (Lipinski definition) is 5. The first-order valence-electron chi connectivity index (χ1n) is 7.96. The number of hydrogen-bond donors (Lipinski definition) is 0. The molecule has 6 nitrogen and oxygen atoms in total. The lowest BCUT2D eigenvalue weighted by Gasteiger charge is -2.32. The SMILES string of the molecule is Cc1cn2c(CCC(=O)N3CC(C)Oc4ncccc43)csc2n1. The van der Waals surface area contributed by atoms with Crippen molar-refractivity contribution in [2.45, 2.75) is 32.8 Å². The molecule has 0 N–H and O–H groups in total. The Morgan fingerprint density at radius 3 is 3.25 bits per heavy atom. The Morgan fingerprint density at radius 2 is 2.38 bits per heavy atom. The second-order valence-electron chi connectivity index (χ2n) is 6.02. The Morgan fingerprint density at radius 1 is 1.50 bits per heavy atom. The van der Waals surface area contributed by atoms with Gasteiger partial charge in [0.25, 0.3) is 0 Å². The molecule has 4 heterocycles. The van der Waals surface area contributed by atoms with Crippen LogP contribution in [0.5, 0.6) is 5.88 Å². The number of fused-ring (bicyclic) bond motifs is 2. The number of thiazole rings is 1. The van der Waals surface area contributed by atoms with Gasteiger partial charge in [-0.25, -0.2) is 9.97 Å². The minimum Gasteiger partial charge on any atom is -0.471 e. The molecule has 0 aliphatic carbocycles. The van der Waals surface area contributed by atoms with Gasteiger partial charge in [0, 0.05) is 29.9 Å². The van der Waals surface area contributed by atoms with Crippen LogP contribution in [0.25, 0.3) is 4.96 Å². The van der Waals surface area contributed by atoms with E-state index in [1.54, 1.807) is 22.4 Å². The zero-order chi connectivity index (χ0) is 16.7. The number of imidazole rings is 1. The van der Waals surface area contributed by atoms with Gasteiger partial charge in [0.2, 0.25) is 11.8 Å². The third-order valence-corrected chi connectivity index (χ3v) is 4.98. The van der Waals surface area contributed by atoms with Gasteiger partial charge in [-0.2, -0.15) is 0 Å². The van der Waals surface area contributed by atoms with Crippen LogP contribution >= 0.6 is 11.3 Å². The average molecular weight is 342 g/mol. The van der Waals surface area contributed by atoms with Crippen LogP contribution in [0.2, 0.25) is 0 Å². The van der Waals surface area contributed by atoms with Crippen LogP contribution in [0, 0.1) is 6.92 Å². The molecule has 4 rings (SSSR count). The summed E-state index contributed by atoms with van der Waals surface area (Å²) in [5.74, 6) is 0.628. The summed E-state index contributed by atoms with van der Waals surface area (Å²) in [6, 6.07) is 3.71. The number of aromatic nitrogens is 3. The van der Waals surface area contributed by atoms with E-state index in [1.807, 2.05) is 32.2 Å². The highest BCUT2D eigenvalue weighted by molar-refractivity contribution is 7.15. The maximum atomic E-state index is 12.8. The van der Waals surface area contributed by atoms with Crippen LogP contribution in [-0.2, 0) is 11.2 Å². The zero-order valence-electron chi connectivity index (χ0n) is 13.6. The maximum Gasteiger partial charge on any atom is 0.238 e. The molecule has 24 heavy (non-hydrogen) atoms. The fourth-order valence-corrected chi connectivity index (χ4v) is 3.94. The van der Waals surface area contributed by atoms with E-state index in [2.05, 4.69) is 19.7 Å². The predicted octanol–water partition coefficient (Wildman–Crippen LogP) is 2.85. The van der Waals surface area contributed by atoms with Crippen LogP contribution in [0.4, 0.5) is 5.69 Å². The molecule has 1 aliphatic rings. The van der Waals surface area contributed by atoms with Gasteiger partial charge in [0.15, 0.2) is 4.96 Å². The highest BCUT2D eigenvalue weighted by atomic mass is 32.1. The predicted molar refractivity (Wildman–Crippen MR) is 92.8 cm³/mol. The largest absolute Gasteiger partial charge is 0.471 e. The molecule has 0 fully saturated rings. The first-order chi connectivity index (χ1) is 11.6. The van der Waals surface area contributed by atoms with Gasteiger partial charge in [0.05, 0.1) is 12.2 Å². The molecule has 3 aromatic rings. The van der Waals surface area contributed by atoms with E-state index >= 15 is 0 Å². The molecule has 0 bridgehead atoms. The number of rotatable bonds is 3. The molecule has 0 spiro atoms. The van der Waals surface area contributed by atoms with Crippen molar-refractivity contribution in [2.24, 2.45) is 0 Å². The summed E-state index contributed by atoms with van der Waals surface area (Å²) in [5, 5.41) is 2.08. The first kappa shape index (κ1) is 15.1. The van der Waals surface area contributed by atoms with Crippen molar-refractivity contribution in [1.29, 1.82) is 0 Å². The average Bonchev–Trinajstić information content (AvgIpc) is 3.11. The minimum atomic E-state index is -0.0551. The number of anilines is 1. The summed E-state index contributed by atoms with van der Waals surface area (Å²) in [6.07, 6.45) is 4.78. The van der Waals surface area contributed by atoms with Crippen molar-refractivity contribution >= 4 is 27.9 Å². The number of pyridine rings is 1. The van der Waals surface area contributed by atoms with Crippen LogP contribution in [0.15, 0.2) is 29.9 Å². The number of carbonyl (C=O) groups is 1. The van der Waals surface area contributed by atoms with Crippen LogP contribution in [-0.4, -0.2) is 32.9 Å². The Balaban J connectivity index is 1.52. The summed E-state index contributed by atoms with van der Waals surface area (Å²) in [6.45, 7) is 4.49. The van der Waals surface area contributed by atoms with Gasteiger partial charge in [-0.05, 0) is 32.4 Å². The van der Waals surface area contributed by atoms with E-state index in [4.69, 9.17) is 4.74 Å². The van der Waals surface area contributed by atoms with Gasteiger partial charge in [0.1, 0.15) is 11.8 Å². The quantitative estimate of drug-likeness (QED) is 0.734. The Hall–Kier alpha value is -2.41. The van der Waals surface area contributed by atoms with Crippen LogP contribution in [0.1, 0.15) is 24.7 Å². The molecule has 7 heteroatoms. The van der Waals surface area contributed by atoms with E-state index < -0.39 is 0 Å². The summed E-state index contributed by atoms with van der Waals surface area (Å²) in [4.78, 5) is 24.2. The molecule has 0 saturated heterocycles. The fourth-order valence-electron chi connectivity index (χ4n) is 2.99. The molecule has 1 aliphatic heterocycles. The molecule has 1 unspecified atom stereocenters. The van der Waals surface area contributed by atoms with E-state index in [0.717, 1.165) is 22.0 Å². The molecule has 0 saturated carbocycles. The van der Waals surface area contributed by atoms with Crippen molar-refractivity contribution in [3.05, 3.63) is 41.3 Å². The Bertz CT molecular complexity index is 901. The zero-order valence-corrected chi connectivity index (χ0v) is 14.4. The molecule has 1 atom stereocenters. The molecule has 3 aromatic heterocycles. The van der Waals surface area contributed by atoms with E-state index in [0.29, 0.717) is 25.3 Å². The topological polar surface area (TPSA) is 59.7 Å². The third kappa shape index (κ3) is 2.65. The Labute approximate surface area is 143 Å². The lowest BCUT2D eigenvalue weighted by atomic mass is 10.2. The third-order valence-electron chi connectivity index (χ3n) is 4.09. The number of nitrogens with zero attached hydrogens (tertiary/aromatic N) is 4. The highest BCUT2D eigenvalue weighted by Gasteiger charge is 2.28. The van der Waals surface area contributed by atoms with E-state index in [1.165, 1.54) is 0 Å². The highest BCUT2D eigenvalue weighted by Crippen LogP contribution is 2.31. The summed E-state index contributed by atoms with van der Waals surface area (Å²) >= 11 is 1.61. The first-order valence-corrected chi connectivity index (χ1v) is 8.84. The van der Waals surface area contributed by atoms with Crippen LogP contribution < -0.4 is 9.64 Å². The van der Waals surface area contributed by atoms with E-state index in [9.17, 15) is 4.79 Å². The van der Waals surface area contributed by atoms with Crippen molar-refractivity contribution in [3.63, 3.8) is 0 Å². The van der Waals surface area contributed by atoms with Crippen molar-refractivity contribution in [3.8, 4) is 5.88 Å². The summed E-state index contributed by atoms with van der Waals surface area (Å²) in [7, 11) is 0. The van der Waals surface area contributed by atoms with Crippen LogP contribution in [0.3, 0.4) is 0 Å². The lowest BCUT2D eigenvalue weighted by Crippen LogP contribution is -2.42. The van der Waals surface area contributed by atoms with E-state index in [-0.39, 0.29) is 12.0 Å². The molecule has 1 amide bonds. The standard InChI is InChI=1S/C17H18N4O2S/c1-11-8-20-13(10-24-17(20)19-11)5-6-15(22)21-9-12(2)23-16-14(21)4-3-7-18-16/h3-4,7-8,10,12H,5-6,9H2,1-2H3. The van der Waals surface area contributed by atoms with Gasteiger partial charge >= 0.3 is 0 Å². The van der Waals surface area contributed by atoms with Crippen molar-refractivity contribution < 1.29 is 9.53 Å². The monoisotopic (exact) mass is 342 g/mol. The molecular formula is C17H18N4O2S. The second-order valence-corrected chi connectivity index (χ2v) is 6.86. The van der Waals surface area contributed by atoms with Crippen molar-refractivity contribution in [1.82, 2.24) is 14.4 Å². The minimum absolute atomic E-state index is 0.0551. The normalized spacial score (nSPS) is 16.9. The number of carbonyl (C=O) groups excluding carboxylic acids is 1. The molecule has 124 valence electrons.